The van der Waals surface area contributed by atoms with Gasteiger partial charge in [0.25, 0.3) is 0 Å². The van der Waals surface area contributed by atoms with E-state index in [4.69, 9.17) is 0 Å². The summed E-state index contributed by atoms with van der Waals surface area (Å²) in [5.74, 6) is 1.93. The molecule has 0 aromatic heterocycles. The SMILES string of the molecule is CCCNC(CCCC(F)(F)F)CSCC. The van der Waals surface area contributed by atoms with E-state index >= 15 is 0 Å². The van der Waals surface area contributed by atoms with Crippen LogP contribution in [0.4, 0.5) is 13.2 Å². The molecule has 0 saturated heterocycles. The number of alkyl halides is 3. The monoisotopic (exact) mass is 257 g/mol. The highest BCUT2D eigenvalue weighted by atomic mass is 32.2. The maximum absolute atomic E-state index is 12.0. The molecule has 0 amide bonds. The lowest BCUT2D eigenvalue weighted by atomic mass is 10.1. The number of nitrogens with one attached hydrogen (secondary N) is 1. The Morgan fingerprint density at radius 3 is 2.44 bits per heavy atom. The molecule has 1 nitrogen and oxygen atoms in total. The van der Waals surface area contributed by atoms with Crippen molar-refractivity contribution < 1.29 is 13.2 Å². The van der Waals surface area contributed by atoms with E-state index in [1.807, 2.05) is 0 Å². The summed E-state index contributed by atoms with van der Waals surface area (Å²) in [6.45, 7) is 5.02. The molecule has 0 aliphatic heterocycles. The van der Waals surface area contributed by atoms with Crippen molar-refractivity contribution in [1.82, 2.24) is 5.32 Å². The summed E-state index contributed by atoms with van der Waals surface area (Å²) in [5, 5.41) is 3.30. The van der Waals surface area contributed by atoms with Gasteiger partial charge < -0.3 is 5.32 Å². The van der Waals surface area contributed by atoms with E-state index in [9.17, 15) is 13.2 Å². The molecule has 0 bridgehead atoms. The van der Waals surface area contributed by atoms with Crippen LogP contribution in [0, 0.1) is 0 Å². The van der Waals surface area contributed by atoms with Gasteiger partial charge in [0.2, 0.25) is 0 Å². The first-order chi connectivity index (χ1) is 7.49. The van der Waals surface area contributed by atoms with Crippen LogP contribution in [0.5, 0.6) is 0 Å². The molecule has 98 valence electrons. The zero-order valence-electron chi connectivity index (χ0n) is 10.1. The van der Waals surface area contributed by atoms with Crippen LogP contribution in [0.1, 0.15) is 39.5 Å². The average Bonchev–Trinajstić information content (AvgIpc) is 2.19. The van der Waals surface area contributed by atoms with E-state index in [2.05, 4.69) is 19.2 Å². The second kappa shape index (κ2) is 9.16. The Hall–Kier alpha value is 0.100. The molecule has 5 heteroatoms. The summed E-state index contributed by atoms with van der Waals surface area (Å²) >= 11 is 1.78. The zero-order valence-corrected chi connectivity index (χ0v) is 10.9. The van der Waals surface area contributed by atoms with Crippen molar-refractivity contribution in [1.29, 1.82) is 0 Å². The molecule has 16 heavy (non-hydrogen) atoms. The minimum absolute atomic E-state index is 0.229. The molecule has 0 aliphatic rings. The van der Waals surface area contributed by atoms with Gasteiger partial charge in [0, 0.05) is 18.2 Å². The van der Waals surface area contributed by atoms with E-state index in [0.29, 0.717) is 6.42 Å². The third-order valence-electron chi connectivity index (χ3n) is 2.22. The number of hydrogen-bond acceptors (Lipinski definition) is 2. The number of hydrogen-bond donors (Lipinski definition) is 1. The van der Waals surface area contributed by atoms with Crippen molar-refractivity contribution in [2.45, 2.75) is 51.7 Å². The fraction of sp³-hybridized carbons (Fsp3) is 1.00. The minimum Gasteiger partial charge on any atom is -0.313 e. The van der Waals surface area contributed by atoms with Gasteiger partial charge in [-0.3, -0.25) is 0 Å². The van der Waals surface area contributed by atoms with Crippen LogP contribution in [0.25, 0.3) is 0 Å². The van der Waals surface area contributed by atoms with Gasteiger partial charge in [-0.05, 0) is 31.6 Å². The molecule has 0 spiro atoms. The predicted molar refractivity (Wildman–Crippen MR) is 65.0 cm³/mol. The smallest absolute Gasteiger partial charge is 0.313 e. The Morgan fingerprint density at radius 2 is 1.94 bits per heavy atom. The Labute approximate surface area is 101 Å². The predicted octanol–water partition coefficient (Wildman–Crippen LogP) is 3.84. The molecule has 0 saturated carbocycles. The Morgan fingerprint density at radius 1 is 1.25 bits per heavy atom. The maximum atomic E-state index is 12.0. The quantitative estimate of drug-likeness (QED) is 0.673. The lowest BCUT2D eigenvalue weighted by Crippen LogP contribution is -2.32. The molecule has 0 aliphatic carbocycles. The van der Waals surface area contributed by atoms with Gasteiger partial charge in [-0.1, -0.05) is 13.8 Å². The minimum atomic E-state index is -4.01. The van der Waals surface area contributed by atoms with Gasteiger partial charge in [-0.15, -0.1) is 0 Å². The third-order valence-corrected chi connectivity index (χ3v) is 3.27. The van der Waals surface area contributed by atoms with Crippen LogP contribution in [-0.2, 0) is 0 Å². The highest BCUT2D eigenvalue weighted by Gasteiger charge is 2.26. The fourth-order valence-corrected chi connectivity index (χ4v) is 2.21. The van der Waals surface area contributed by atoms with Crippen LogP contribution in [0.3, 0.4) is 0 Å². The Bertz CT molecular complexity index is 154. The summed E-state index contributed by atoms with van der Waals surface area (Å²) < 4.78 is 36.0. The van der Waals surface area contributed by atoms with E-state index in [-0.39, 0.29) is 12.5 Å². The number of halogens is 3. The first-order valence-corrected chi connectivity index (χ1v) is 7.03. The van der Waals surface area contributed by atoms with Crippen LogP contribution >= 0.6 is 11.8 Å². The molecule has 0 aromatic rings. The zero-order chi connectivity index (χ0) is 12.4. The lowest BCUT2D eigenvalue weighted by molar-refractivity contribution is -0.135. The lowest BCUT2D eigenvalue weighted by Gasteiger charge is -2.18. The second-order valence-corrected chi connectivity index (χ2v) is 5.14. The van der Waals surface area contributed by atoms with Crippen molar-refractivity contribution in [2.24, 2.45) is 0 Å². The van der Waals surface area contributed by atoms with Gasteiger partial charge >= 0.3 is 6.18 Å². The van der Waals surface area contributed by atoms with E-state index in [1.165, 1.54) is 0 Å². The molecular weight excluding hydrogens is 235 g/mol. The molecule has 0 heterocycles. The van der Waals surface area contributed by atoms with Gasteiger partial charge in [0.05, 0.1) is 0 Å². The van der Waals surface area contributed by atoms with Crippen molar-refractivity contribution in [2.75, 3.05) is 18.1 Å². The molecule has 0 rings (SSSR count). The Balaban J connectivity index is 3.72. The molecule has 1 unspecified atom stereocenters. The topological polar surface area (TPSA) is 12.0 Å². The largest absolute Gasteiger partial charge is 0.389 e. The second-order valence-electron chi connectivity index (χ2n) is 3.82. The van der Waals surface area contributed by atoms with Crippen molar-refractivity contribution in [3.63, 3.8) is 0 Å². The van der Waals surface area contributed by atoms with Crippen LogP contribution < -0.4 is 5.32 Å². The molecule has 1 N–H and O–H groups in total. The standard InChI is InChI=1S/C11H22F3NS/c1-3-8-15-10(9-16-4-2)6-5-7-11(12,13)14/h10,15H,3-9H2,1-2H3. The van der Waals surface area contributed by atoms with Crippen molar-refractivity contribution in [3.8, 4) is 0 Å². The highest BCUT2D eigenvalue weighted by Crippen LogP contribution is 2.23. The van der Waals surface area contributed by atoms with Gasteiger partial charge in [0.15, 0.2) is 0 Å². The molecule has 0 radical (unpaired) electrons. The first-order valence-electron chi connectivity index (χ1n) is 5.87. The van der Waals surface area contributed by atoms with Crippen molar-refractivity contribution in [3.05, 3.63) is 0 Å². The van der Waals surface area contributed by atoms with E-state index < -0.39 is 12.6 Å². The summed E-state index contributed by atoms with van der Waals surface area (Å²) in [5.41, 5.74) is 0. The first kappa shape index (κ1) is 16.1. The number of rotatable bonds is 9. The van der Waals surface area contributed by atoms with Gasteiger partial charge in [0.1, 0.15) is 0 Å². The normalized spacial score (nSPS) is 14.1. The molecule has 1 atom stereocenters. The van der Waals surface area contributed by atoms with Crippen LogP contribution in [0.2, 0.25) is 0 Å². The average molecular weight is 257 g/mol. The highest BCUT2D eigenvalue weighted by molar-refractivity contribution is 7.99. The van der Waals surface area contributed by atoms with Crippen LogP contribution in [-0.4, -0.2) is 30.3 Å². The van der Waals surface area contributed by atoms with Gasteiger partial charge in [-0.25, -0.2) is 0 Å². The third kappa shape index (κ3) is 10.6. The fourth-order valence-electron chi connectivity index (χ4n) is 1.40. The molecule has 0 fully saturated rings. The molecular formula is C11H22F3NS. The van der Waals surface area contributed by atoms with Gasteiger partial charge in [-0.2, -0.15) is 24.9 Å². The summed E-state index contributed by atoms with van der Waals surface area (Å²) in [4.78, 5) is 0. The van der Waals surface area contributed by atoms with E-state index in [0.717, 1.165) is 24.5 Å². The molecule has 0 aromatic carbocycles. The summed E-state index contributed by atoms with van der Waals surface area (Å²) in [7, 11) is 0. The van der Waals surface area contributed by atoms with E-state index in [1.54, 1.807) is 11.8 Å². The van der Waals surface area contributed by atoms with Crippen LogP contribution in [0.15, 0.2) is 0 Å². The maximum Gasteiger partial charge on any atom is 0.389 e. The summed E-state index contributed by atoms with van der Waals surface area (Å²) in [6, 6.07) is 0.229. The number of thioether (sulfide) groups is 1. The Kier molecular flexibility index (Phi) is 9.22. The summed E-state index contributed by atoms with van der Waals surface area (Å²) in [6.07, 6.45) is -2.80. The van der Waals surface area contributed by atoms with Crippen molar-refractivity contribution >= 4 is 11.8 Å².